The molecule has 2 rings (SSSR count). The minimum absolute atomic E-state index is 0.0452. The first kappa shape index (κ1) is 15.0. The lowest BCUT2D eigenvalue weighted by Crippen LogP contribution is -2.53. The number of likely N-dealkylation sites (N-methyl/N-ethyl adjacent to an activating group) is 2. The van der Waals surface area contributed by atoms with Crippen LogP contribution in [0.2, 0.25) is 0 Å². The van der Waals surface area contributed by atoms with Crippen molar-refractivity contribution in [2.24, 2.45) is 0 Å². The summed E-state index contributed by atoms with van der Waals surface area (Å²) in [7, 11) is 4.09. The molecular formula is C16H24N2O2. The van der Waals surface area contributed by atoms with Crippen molar-refractivity contribution in [1.82, 2.24) is 9.80 Å². The number of rotatable bonds is 5. The van der Waals surface area contributed by atoms with E-state index in [1.54, 1.807) is 0 Å². The van der Waals surface area contributed by atoms with E-state index in [1.807, 2.05) is 31.3 Å². The van der Waals surface area contributed by atoms with Crippen LogP contribution in [0.1, 0.15) is 23.7 Å². The van der Waals surface area contributed by atoms with Gasteiger partial charge in [-0.05, 0) is 44.8 Å². The first-order valence-corrected chi connectivity index (χ1v) is 7.27. The normalized spacial score (nSPS) is 20.9. The average molecular weight is 276 g/mol. The molecule has 4 nitrogen and oxygen atoms in total. The van der Waals surface area contributed by atoms with E-state index in [0.717, 1.165) is 37.4 Å². The number of piperazine rings is 1. The summed E-state index contributed by atoms with van der Waals surface area (Å²) < 4.78 is 5.54. The summed E-state index contributed by atoms with van der Waals surface area (Å²) in [5, 5.41) is 0. The Balaban J connectivity index is 2.04. The van der Waals surface area contributed by atoms with Crippen LogP contribution in [0.4, 0.5) is 0 Å². The number of ether oxygens (including phenoxy) is 1. The van der Waals surface area contributed by atoms with Crippen LogP contribution in [0.15, 0.2) is 24.3 Å². The van der Waals surface area contributed by atoms with Crippen molar-refractivity contribution < 1.29 is 9.53 Å². The zero-order chi connectivity index (χ0) is 14.5. The van der Waals surface area contributed by atoms with Gasteiger partial charge in [0, 0.05) is 25.2 Å². The lowest BCUT2D eigenvalue weighted by atomic mass is 10.0. The fourth-order valence-electron chi connectivity index (χ4n) is 2.42. The van der Waals surface area contributed by atoms with Crippen LogP contribution in [-0.4, -0.2) is 62.0 Å². The van der Waals surface area contributed by atoms with E-state index in [1.165, 1.54) is 0 Å². The maximum Gasteiger partial charge on any atom is 0.181 e. The molecule has 0 spiro atoms. The SMILES string of the molecule is CCCOc1ccc(C(=O)C2CN(C)CCN2C)cc1. The zero-order valence-corrected chi connectivity index (χ0v) is 12.6. The monoisotopic (exact) mass is 276 g/mol. The Kier molecular flexibility index (Phi) is 5.15. The molecule has 20 heavy (non-hydrogen) atoms. The molecule has 0 saturated carbocycles. The van der Waals surface area contributed by atoms with Crippen LogP contribution in [0.5, 0.6) is 5.75 Å². The van der Waals surface area contributed by atoms with Gasteiger partial charge in [-0.15, -0.1) is 0 Å². The molecule has 1 aliphatic rings. The third kappa shape index (κ3) is 3.58. The molecule has 1 aliphatic heterocycles. The summed E-state index contributed by atoms with van der Waals surface area (Å²) in [5.41, 5.74) is 0.765. The molecule has 0 radical (unpaired) electrons. The van der Waals surface area contributed by atoms with Crippen LogP contribution in [-0.2, 0) is 0 Å². The molecular weight excluding hydrogens is 252 g/mol. The Hall–Kier alpha value is -1.39. The summed E-state index contributed by atoms with van der Waals surface area (Å²) in [6.07, 6.45) is 0.986. The van der Waals surface area contributed by atoms with Crippen molar-refractivity contribution in [3.8, 4) is 5.75 Å². The topological polar surface area (TPSA) is 32.8 Å². The molecule has 4 heteroatoms. The van der Waals surface area contributed by atoms with Crippen LogP contribution >= 0.6 is 0 Å². The standard InChI is InChI=1S/C16H24N2O2/c1-4-11-20-14-7-5-13(6-8-14)16(19)15-12-17(2)9-10-18(15)3/h5-8,15H,4,9-12H2,1-3H3. The molecule has 1 atom stereocenters. The molecule has 1 fully saturated rings. The van der Waals surface area contributed by atoms with Crippen LogP contribution in [0.3, 0.4) is 0 Å². The Morgan fingerprint density at radius 3 is 2.60 bits per heavy atom. The van der Waals surface area contributed by atoms with Gasteiger partial charge >= 0.3 is 0 Å². The van der Waals surface area contributed by atoms with E-state index in [2.05, 4.69) is 23.8 Å². The summed E-state index contributed by atoms with van der Waals surface area (Å²) in [6.45, 7) is 5.54. The molecule has 0 amide bonds. The van der Waals surface area contributed by atoms with E-state index in [0.29, 0.717) is 6.61 Å². The van der Waals surface area contributed by atoms with Gasteiger partial charge in [0.25, 0.3) is 0 Å². The highest BCUT2D eigenvalue weighted by Gasteiger charge is 2.29. The third-order valence-electron chi connectivity index (χ3n) is 3.77. The van der Waals surface area contributed by atoms with Crippen LogP contribution in [0, 0.1) is 0 Å². The minimum atomic E-state index is -0.0452. The number of carbonyl (C=O) groups is 1. The average Bonchev–Trinajstić information content (AvgIpc) is 2.47. The van der Waals surface area contributed by atoms with Gasteiger partial charge in [-0.1, -0.05) is 6.92 Å². The smallest absolute Gasteiger partial charge is 0.181 e. The minimum Gasteiger partial charge on any atom is -0.494 e. The molecule has 1 heterocycles. The first-order chi connectivity index (χ1) is 9.61. The maximum absolute atomic E-state index is 12.6. The first-order valence-electron chi connectivity index (χ1n) is 7.27. The molecule has 0 N–H and O–H groups in total. The largest absolute Gasteiger partial charge is 0.494 e. The highest BCUT2D eigenvalue weighted by molar-refractivity contribution is 6.00. The van der Waals surface area contributed by atoms with Gasteiger partial charge in [0.1, 0.15) is 5.75 Å². The van der Waals surface area contributed by atoms with Crippen LogP contribution < -0.4 is 4.74 Å². The van der Waals surface area contributed by atoms with Crippen molar-refractivity contribution in [1.29, 1.82) is 0 Å². The number of Topliss-reactive ketones (excluding diaryl/α,β-unsaturated/α-hetero) is 1. The Bertz CT molecular complexity index is 444. The summed E-state index contributed by atoms with van der Waals surface area (Å²) in [5.74, 6) is 1.03. The molecule has 0 aliphatic carbocycles. The van der Waals surface area contributed by atoms with E-state index in [9.17, 15) is 4.79 Å². The Morgan fingerprint density at radius 2 is 1.95 bits per heavy atom. The third-order valence-corrected chi connectivity index (χ3v) is 3.77. The molecule has 1 aromatic rings. The van der Waals surface area contributed by atoms with Gasteiger partial charge < -0.3 is 9.64 Å². The van der Waals surface area contributed by atoms with Gasteiger partial charge in [-0.25, -0.2) is 0 Å². The molecule has 1 saturated heterocycles. The van der Waals surface area contributed by atoms with E-state index in [-0.39, 0.29) is 11.8 Å². The molecule has 0 aromatic heterocycles. The molecule has 1 unspecified atom stereocenters. The second-order valence-corrected chi connectivity index (χ2v) is 5.50. The van der Waals surface area contributed by atoms with Gasteiger partial charge in [0.2, 0.25) is 0 Å². The van der Waals surface area contributed by atoms with Crippen molar-refractivity contribution in [2.75, 3.05) is 40.3 Å². The quantitative estimate of drug-likeness (QED) is 0.769. The second kappa shape index (κ2) is 6.86. The lowest BCUT2D eigenvalue weighted by Gasteiger charge is -2.36. The van der Waals surface area contributed by atoms with Crippen molar-refractivity contribution >= 4 is 5.78 Å². The summed E-state index contributed by atoms with van der Waals surface area (Å²) in [4.78, 5) is 16.9. The summed E-state index contributed by atoms with van der Waals surface area (Å²) >= 11 is 0. The van der Waals surface area contributed by atoms with Gasteiger partial charge in [-0.3, -0.25) is 9.69 Å². The van der Waals surface area contributed by atoms with E-state index in [4.69, 9.17) is 4.74 Å². The Labute approximate surface area is 121 Å². The highest BCUT2D eigenvalue weighted by atomic mass is 16.5. The number of hydrogen-bond donors (Lipinski definition) is 0. The molecule has 1 aromatic carbocycles. The summed E-state index contributed by atoms with van der Waals surface area (Å²) in [6, 6.07) is 7.47. The number of benzene rings is 1. The highest BCUT2D eigenvalue weighted by Crippen LogP contribution is 2.17. The number of carbonyl (C=O) groups excluding carboxylic acids is 1. The van der Waals surface area contributed by atoms with Gasteiger partial charge in [0.15, 0.2) is 5.78 Å². The van der Waals surface area contributed by atoms with Gasteiger partial charge in [-0.2, -0.15) is 0 Å². The predicted octanol–water partition coefficient (Wildman–Crippen LogP) is 1.90. The van der Waals surface area contributed by atoms with Crippen molar-refractivity contribution in [3.63, 3.8) is 0 Å². The van der Waals surface area contributed by atoms with Crippen LogP contribution in [0.25, 0.3) is 0 Å². The molecule has 0 bridgehead atoms. The maximum atomic E-state index is 12.6. The predicted molar refractivity (Wildman–Crippen MR) is 80.5 cm³/mol. The number of ketones is 1. The second-order valence-electron chi connectivity index (χ2n) is 5.50. The molecule has 110 valence electrons. The lowest BCUT2D eigenvalue weighted by molar-refractivity contribution is 0.0686. The van der Waals surface area contributed by atoms with E-state index >= 15 is 0 Å². The van der Waals surface area contributed by atoms with Gasteiger partial charge in [0.05, 0.1) is 12.6 Å². The fourth-order valence-corrected chi connectivity index (χ4v) is 2.42. The number of hydrogen-bond acceptors (Lipinski definition) is 4. The fraction of sp³-hybridized carbons (Fsp3) is 0.562. The van der Waals surface area contributed by atoms with Crippen molar-refractivity contribution in [3.05, 3.63) is 29.8 Å². The zero-order valence-electron chi connectivity index (χ0n) is 12.6. The number of nitrogens with zero attached hydrogens (tertiary/aromatic N) is 2. The Morgan fingerprint density at radius 1 is 1.25 bits per heavy atom. The van der Waals surface area contributed by atoms with Crippen molar-refractivity contribution in [2.45, 2.75) is 19.4 Å². The van der Waals surface area contributed by atoms with E-state index < -0.39 is 0 Å².